The average Bonchev–Trinajstić information content (AvgIpc) is 3.42. The van der Waals surface area contributed by atoms with Gasteiger partial charge in [0.15, 0.2) is 22.3 Å². The number of hydrogen-bond acceptors (Lipinski definition) is 7. The van der Waals surface area contributed by atoms with Crippen LogP contribution >= 0.6 is 27.3 Å². The van der Waals surface area contributed by atoms with Crippen molar-refractivity contribution < 1.29 is 19.4 Å². The summed E-state index contributed by atoms with van der Waals surface area (Å²) >= 11 is 4.93. The summed E-state index contributed by atoms with van der Waals surface area (Å²) < 4.78 is 13.2. The molecule has 2 aromatic heterocycles. The quantitative estimate of drug-likeness (QED) is 0.515. The fourth-order valence-corrected chi connectivity index (χ4v) is 6.11. The summed E-state index contributed by atoms with van der Waals surface area (Å²) in [5.41, 5.74) is 0.612. The molecule has 0 radical (unpaired) electrons. The van der Waals surface area contributed by atoms with Gasteiger partial charge in [-0.05, 0) is 66.1 Å². The van der Waals surface area contributed by atoms with Crippen LogP contribution < -0.4 is 14.8 Å². The summed E-state index contributed by atoms with van der Waals surface area (Å²) in [4.78, 5) is 21.1. The molecule has 9 heteroatoms. The van der Waals surface area contributed by atoms with Crippen LogP contribution in [0.5, 0.6) is 17.2 Å². The molecule has 0 unspecified atom stereocenters. The minimum absolute atomic E-state index is 0.0188. The molecule has 30 heavy (non-hydrogen) atoms. The van der Waals surface area contributed by atoms with Crippen LogP contribution in [0.15, 0.2) is 28.9 Å². The third-order valence-electron chi connectivity index (χ3n) is 5.98. The van der Waals surface area contributed by atoms with Gasteiger partial charge in [-0.2, -0.15) is 0 Å². The van der Waals surface area contributed by atoms with Crippen LogP contribution in [0.4, 0.5) is 5.13 Å². The van der Waals surface area contributed by atoms with E-state index >= 15 is 0 Å². The minimum atomic E-state index is -0.556. The third-order valence-corrected chi connectivity index (χ3v) is 7.50. The van der Waals surface area contributed by atoms with Crippen LogP contribution in [0, 0.1) is 5.92 Å². The number of carbonyl (C=O) groups is 1. The highest BCUT2D eigenvalue weighted by Crippen LogP contribution is 2.50. The van der Waals surface area contributed by atoms with E-state index in [-0.39, 0.29) is 22.8 Å². The largest absolute Gasteiger partial charge is 0.503 e. The Morgan fingerprint density at radius 3 is 2.87 bits per heavy atom. The fourth-order valence-electron chi connectivity index (χ4n) is 4.53. The van der Waals surface area contributed by atoms with Gasteiger partial charge in [-0.1, -0.05) is 11.3 Å². The van der Waals surface area contributed by atoms with E-state index in [9.17, 15) is 9.90 Å². The number of pyridine rings is 1. The Kier molecular flexibility index (Phi) is 4.82. The molecule has 0 spiro atoms. The van der Waals surface area contributed by atoms with E-state index in [0.29, 0.717) is 5.13 Å². The molecule has 2 heterocycles. The molecule has 1 amide bonds. The van der Waals surface area contributed by atoms with E-state index in [2.05, 4.69) is 31.2 Å². The zero-order valence-corrected chi connectivity index (χ0v) is 18.7. The van der Waals surface area contributed by atoms with E-state index < -0.39 is 5.91 Å². The van der Waals surface area contributed by atoms with Gasteiger partial charge in [-0.15, -0.1) is 0 Å². The van der Waals surface area contributed by atoms with Crippen molar-refractivity contribution in [2.24, 2.45) is 5.92 Å². The number of nitrogens with one attached hydrogen (secondary N) is 1. The number of aromatic hydroxyl groups is 1. The van der Waals surface area contributed by atoms with Crippen LogP contribution in [0.1, 0.15) is 42.6 Å². The van der Waals surface area contributed by atoms with Crippen LogP contribution in [-0.2, 0) is 0 Å². The number of nitrogens with zero attached hydrogens (tertiary/aromatic N) is 2. The molecule has 2 aliphatic rings. The van der Waals surface area contributed by atoms with Crippen molar-refractivity contribution in [1.82, 2.24) is 9.97 Å². The molecule has 0 atom stereocenters. The Bertz CT molecular complexity index is 1140. The number of rotatable bonds is 5. The van der Waals surface area contributed by atoms with Gasteiger partial charge >= 0.3 is 0 Å². The Balaban J connectivity index is 1.40. The maximum Gasteiger partial charge on any atom is 0.280 e. The number of anilines is 1. The van der Waals surface area contributed by atoms with Gasteiger partial charge in [0, 0.05) is 16.7 Å². The van der Waals surface area contributed by atoms with Crippen LogP contribution in [0.2, 0.25) is 0 Å². The number of hydrogen-bond donors (Lipinski definition) is 2. The van der Waals surface area contributed by atoms with Gasteiger partial charge in [0.25, 0.3) is 5.91 Å². The monoisotopic (exact) mass is 489 g/mol. The lowest BCUT2D eigenvalue weighted by atomic mass is 9.97. The first-order valence-corrected chi connectivity index (χ1v) is 11.4. The lowest BCUT2D eigenvalue weighted by molar-refractivity contribution is 0.0804. The second kappa shape index (κ2) is 7.39. The van der Waals surface area contributed by atoms with E-state index in [1.54, 1.807) is 0 Å². The van der Waals surface area contributed by atoms with Gasteiger partial charge < -0.3 is 14.6 Å². The number of amides is 1. The van der Waals surface area contributed by atoms with E-state index in [1.807, 2.05) is 12.1 Å². The van der Waals surface area contributed by atoms with Crippen molar-refractivity contribution in [2.45, 2.75) is 37.7 Å². The highest BCUT2D eigenvalue weighted by atomic mass is 79.9. The van der Waals surface area contributed by atoms with E-state index in [0.717, 1.165) is 45.6 Å². The second-order valence-corrected chi connectivity index (χ2v) is 9.75. The Morgan fingerprint density at radius 2 is 2.17 bits per heavy atom. The number of fused-ring (bicyclic) bond motifs is 3. The van der Waals surface area contributed by atoms with Gasteiger partial charge in [0.2, 0.25) is 0 Å². The van der Waals surface area contributed by atoms with Gasteiger partial charge in [-0.3, -0.25) is 10.1 Å². The van der Waals surface area contributed by atoms with Crippen molar-refractivity contribution >= 4 is 48.5 Å². The number of ether oxygens (including phenoxy) is 2. The molecule has 2 N–H and O–H groups in total. The zero-order valence-electron chi connectivity index (χ0n) is 16.3. The fraction of sp³-hybridized carbons (Fsp3) is 0.381. The van der Waals surface area contributed by atoms with Crippen LogP contribution in [0.25, 0.3) is 10.2 Å². The van der Waals surface area contributed by atoms with Gasteiger partial charge in [-0.25, -0.2) is 9.97 Å². The smallest absolute Gasteiger partial charge is 0.280 e. The maximum absolute atomic E-state index is 12.6. The predicted octanol–water partition coefficient (Wildman–Crippen LogP) is 5.13. The topological polar surface area (TPSA) is 93.6 Å². The van der Waals surface area contributed by atoms with Crippen LogP contribution in [-0.4, -0.2) is 33.7 Å². The first kappa shape index (κ1) is 19.6. The molecule has 7 nitrogen and oxygen atoms in total. The number of methoxy groups -OCH3 is 1. The highest BCUT2D eigenvalue weighted by molar-refractivity contribution is 9.10. The highest BCUT2D eigenvalue weighted by Gasteiger charge is 2.46. The zero-order chi connectivity index (χ0) is 20.9. The molecule has 0 saturated heterocycles. The molecule has 0 aliphatic heterocycles. The van der Waals surface area contributed by atoms with Gasteiger partial charge in [0.1, 0.15) is 11.4 Å². The molecule has 2 bridgehead atoms. The van der Waals surface area contributed by atoms with Crippen molar-refractivity contribution in [3.8, 4) is 17.2 Å². The van der Waals surface area contributed by atoms with Crippen molar-refractivity contribution in [3.05, 3.63) is 34.6 Å². The van der Waals surface area contributed by atoms with Crippen LogP contribution in [0.3, 0.4) is 0 Å². The summed E-state index contributed by atoms with van der Waals surface area (Å²) in [6.45, 7) is 0. The average molecular weight is 490 g/mol. The molecule has 2 fully saturated rings. The van der Waals surface area contributed by atoms with Gasteiger partial charge in [0.05, 0.1) is 17.3 Å². The molecular formula is C21H20BrN3O4S. The Morgan fingerprint density at radius 1 is 1.37 bits per heavy atom. The number of aromatic nitrogens is 2. The summed E-state index contributed by atoms with van der Waals surface area (Å²) in [5, 5.41) is 13.3. The minimum Gasteiger partial charge on any atom is -0.503 e. The predicted molar refractivity (Wildman–Crippen MR) is 118 cm³/mol. The normalized spacial score (nSPS) is 22.4. The number of halogens is 1. The summed E-state index contributed by atoms with van der Waals surface area (Å²) in [5.74, 6) is 0.958. The molecule has 5 rings (SSSR count). The first-order valence-electron chi connectivity index (χ1n) is 9.79. The number of carbonyl (C=O) groups excluding carboxylic acids is 1. The lowest BCUT2D eigenvalue weighted by Crippen LogP contribution is -2.30. The third kappa shape index (κ3) is 3.39. The summed E-state index contributed by atoms with van der Waals surface area (Å²) in [6, 6.07) is 5.41. The van der Waals surface area contributed by atoms with Crippen molar-refractivity contribution in [3.63, 3.8) is 0 Å². The Labute approximate surface area is 185 Å². The van der Waals surface area contributed by atoms with E-state index in [4.69, 9.17) is 9.47 Å². The summed E-state index contributed by atoms with van der Waals surface area (Å²) in [7, 11) is 1.42. The molecule has 1 aromatic carbocycles. The Hall–Kier alpha value is -2.39. The maximum atomic E-state index is 12.6. The lowest BCUT2D eigenvalue weighted by Gasteiger charge is -2.28. The number of benzene rings is 1. The van der Waals surface area contributed by atoms with Crippen molar-refractivity contribution in [1.29, 1.82) is 0 Å². The molecule has 2 aliphatic carbocycles. The standard InChI is InChI=1S/C21H20BrN3O4S/c1-28-14-4-7-23-17(18(14)26)19(27)25-20-24-16-13(22)8-12(9-15(16)30-20)29-21-5-2-11(10-21)3-6-21/h4,7-9,11,26H,2-3,5-6,10H2,1H3,(H,24,25,27). The molecular weight excluding hydrogens is 470 g/mol. The first-order chi connectivity index (χ1) is 14.5. The molecule has 156 valence electrons. The van der Waals surface area contributed by atoms with Crippen molar-refractivity contribution in [2.75, 3.05) is 12.4 Å². The second-order valence-electron chi connectivity index (χ2n) is 7.87. The SMILES string of the molecule is COc1ccnc(C(=O)Nc2nc3c(Br)cc(OC45CCC(CC4)C5)cc3s2)c1O. The number of thiazole rings is 1. The molecule has 2 saturated carbocycles. The summed E-state index contributed by atoms with van der Waals surface area (Å²) in [6.07, 6.45) is 7.30. The molecule has 3 aromatic rings. The van der Waals surface area contributed by atoms with E-state index in [1.165, 1.54) is 43.6 Å².